The van der Waals surface area contributed by atoms with Crippen LogP contribution in [0, 0.1) is 25.8 Å². The first-order valence-electron chi connectivity index (χ1n) is 26.3. The molecule has 0 aliphatic rings. The Labute approximate surface area is 419 Å². The van der Waals surface area contributed by atoms with Crippen LogP contribution in [0.2, 0.25) is 0 Å². The summed E-state index contributed by atoms with van der Waals surface area (Å²) in [5, 5.41) is 6.29. The molecule has 0 spiro atoms. The standard InChI is InChI=1S/C46H37N2O.C16H18N.Ir/c1-27(2)37-24-33(30-14-7-6-8-15-30)25-38(28(3)4)44(37)48-43-29(5)13-11-20-41(43)47-46(48)36-19-12-18-35-40-23-32-22-21-31-16-9-10-17-34(31)39(32)26-42(40)49-45(35)36;1-12-5-7-13(8-6-12)15-11-14(9-10-17-15)16(2,3)4;/h6-18,20-28H,1-5H3;5-7,9-11H,1-4H3;/q2*-1;/i5D3,27D,28D;1D3;. The SMILES string of the molecule is [2H]C([2H])([2H])c1c[c-]c(-c2cc(C(C)(C)C)ccn2)cc1.[2H]C([2H])([2H])c1cccc2nc(-c3[c-]ccc4c3oc3cc5c(ccc6ccccc65)cc34)n(-c3c(C([2H])(C)C)cc(-c4ccccc4)cc3C([2H])(C)C)c12.[Ir]. The van der Waals surface area contributed by atoms with Crippen LogP contribution in [0.1, 0.15) is 99.0 Å². The summed E-state index contributed by atoms with van der Waals surface area (Å²) in [5.74, 6) is -1.91. The Kier molecular flexibility index (Phi) is 9.91. The fourth-order valence-corrected chi connectivity index (χ4v) is 8.98. The van der Waals surface area contributed by atoms with Gasteiger partial charge in [0.25, 0.3) is 0 Å². The Hall–Kier alpha value is -6.65. The Morgan fingerprint density at radius 3 is 2.15 bits per heavy atom. The molecule has 0 aliphatic heterocycles. The third-order valence-electron chi connectivity index (χ3n) is 12.4. The van der Waals surface area contributed by atoms with Crippen LogP contribution in [0.25, 0.3) is 94.0 Å². The molecular formula is C62H55IrN3O-2. The fourth-order valence-electron chi connectivity index (χ4n) is 8.98. The first kappa shape index (κ1) is 36.5. The number of aryl methyl sites for hydroxylation is 2. The molecule has 0 bridgehead atoms. The second-order valence-corrected chi connectivity index (χ2v) is 18.5. The first-order valence-corrected chi connectivity index (χ1v) is 22.3. The summed E-state index contributed by atoms with van der Waals surface area (Å²) in [7, 11) is 0. The fraction of sp³-hybridized carbons (Fsp3) is 0.194. The second-order valence-electron chi connectivity index (χ2n) is 18.5. The van der Waals surface area contributed by atoms with Crippen LogP contribution in [0.4, 0.5) is 0 Å². The van der Waals surface area contributed by atoms with E-state index in [0.717, 1.165) is 54.7 Å². The molecule has 5 heteroatoms. The topological polar surface area (TPSA) is 43.9 Å². The zero-order valence-corrected chi connectivity index (χ0v) is 41.0. The number of fused-ring (bicyclic) bond motifs is 7. The van der Waals surface area contributed by atoms with Crippen LogP contribution in [0.5, 0.6) is 0 Å². The van der Waals surface area contributed by atoms with Crippen molar-refractivity contribution in [1.29, 1.82) is 0 Å². The van der Waals surface area contributed by atoms with Crippen LogP contribution >= 0.6 is 0 Å². The van der Waals surface area contributed by atoms with Gasteiger partial charge < -0.3 is 14.0 Å². The number of nitrogens with zero attached hydrogens (tertiary/aromatic N) is 3. The van der Waals surface area contributed by atoms with E-state index >= 15 is 0 Å². The Morgan fingerprint density at radius 2 is 1.43 bits per heavy atom. The molecule has 0 saturated heterocycles. The van der Waals surface area contributed by atoms with Gasteiger partial charge in [0.15, 0.2) is 0 Å². The minimum absolute atomic E-state index is 0. The predicted octanol–water partition coefficient (Wildman–Crippen LogP) is 17.1. The van der Waals surface area contributed by atoms with Gasteiger partial charge in [0.2, 0.25) is 0 Å². The van der Waals surface area contributed by atoms with Crippen molar-refractivity contribution in [2.24, 2.45) is 0 Å². The summed E-state index contributed by atoms with van der Waals surface area (Å²) in [6, 6.07) is 55.1. The van der Waals surface area contributed by atoms with Crippen LogP contribution in [-0.2, 0) is 25.5 Å². The van der Waals surface area contributed by atoms with Gasteiger partial charge in [-0.05, 0) is 121 Å². The molecule has 67 heavy (non-hydrogen) atoms. The van der Waals surface area contributed by atoms with Gasteiger partial charge in [0.1, 0.15) is 5.58 Å². The second kappa shape index (κ2) is 18.2. The third kappa shape index (κ3) is 8.52. The number of hydrogen-bond acceptors (Lipinski definition) is 3. The van der Waals surface area contributed by atoms with Gasteiger partial charge in [-0.25, -0.2) is 0 Å². The van der Waals surface area contributed by atoms with Gasteiger partial charge in [0, 0.05) is 48.3 Å². The van der Waals surface area contributed by atoms with Gasteiger partial charge in [0.05, 0.1) is 22.4 Å². The summed E-state index contributed by atoms with van der Waals surface area (Å²) in [5.41, 5.74) is 9.67. The van der Waals surface area contributed by atoms with E-state index in [1.54, 1.807) is 30.5 Å². The molecule has 0 fully saturated rings. The monoisotopic (exact) mass is 1060 g/mol. The number of aromatic nitrogens is 3. The number of hydrogen-bond donors (Lipinski definition) is 0. The summed E-state index contributed by atoms with van der Waals surface area (Å²) in [4.78, 5) is 9.52. The Bertz CT molecular complexity index is 3900. The van der Waals surface area contributed by atoms with Crippen LogP contribution in [-0.4, -0.2) is 14.5 Å². The molecule has 11 rings (SSSR count). The largest absolute Gasteiger partial charge is 0.501 e. The quantitative estimate of drug-likeness (QED) is 0.123. The molecule has 0 atom stereocenters. The zero-order valence-electron chi connectivity index (χ0n) is 46.6. The molecule has 0 unspecified atom stereocenters. The van der Waals surface area contributed by atoms with Crippen molar-refractivity contribution in [3.63, 3.8) is 0 Å². The summed E-state index contributed by atoms with van der Waals surface area (Å²) >= 11 is 0. The normalized spacial score (nSPS) is 14.3. The van der Waals surface area contributed by atoms with Crippen molar-refractivity contribution in [2.75, 3.05) is 0 Å². The smallest absolute Gasteiger partial charge is 0.121 e. The number of rotatable bonds is 6. The van der Waals surface area contributed by atoms with E-state index < -0.39 is 25.5 Å². The van der Waals surface area contributed by atoms with Crippen molar-refractivity contribution in [3.8, 4) is 39.5 Å². The van der Waals surface area contributed by atoms with Crippen molar-refractivity contribution < 1.29 is 35.5 Å². The summed E-state index contributed by atoms with van der Waals surface area (Å²) < 4.78 is 75.8. The minimum atomic E-state index is -2.48. The molecule has 1 radical (unpaired) electrons. The maximum Gasteiger partial charge on any atom is 0.121 e. The Morgan fingerprint density at radius 1 is 0.672 bits per heavy atom. The van der Waals surface area contributed by atoms with E-state index in [9.17, 15) is 2.74 Å². The molecule has 0 aliphatic carbocycles. The van der Waals surface area contributed by atoms with Gasteiger partial charge in [-0.2, -0.15) is 0 Å². The van der Waals surface area contributed by atoms with Crippen LogP contribution in [0.15, 0.2) is 162 Å². The first-order chi connectivity index (χ1) is 34.9. The van der Waals surface area contributed by atoms with Crippen molar-refractivity contribution in [1.82, 2.24) is 14.5 Å². The Balaban J connectivity index is 0.000000277. The van der Waals surface area contributed by atoms with Crippen molar-refractivity contribution in [2.45, 2.75) is 79.4 Å². The average Bonchev–Trinajstić information content (AvgIpc) is 3.93. The third-order valence-corrected chi connectivity index (χ3v) is 12.4. The summed E-state index contributed by atoms with van der Waals surface area (Å²) in [6.45, 7) is 9.17. The number of pyridine rings is 1. The van der Waals surface area contributed by atoms with E-state index in [-0.39, 0.29) is 31.1 Å². The maximum atomic E-state index is 9.54. The molecule has 0 amide bonds. The van der Waals surface area contributed by atoms with E-state index in [0.29, 0.717) is 56.0 Å². The van der Waals surface area contributed by atoms with E-state index in [1.807, 2.05) is 117 Å². The van der Waals surface area contributed by atoms with Crippen molar-refractivity contribution in [3.05, 3.63) is 198 Å². The average molecular weight is 1060 g/mol. The van der Waals surface area contributed by atoms with E-state index in [4.69, 9.17) is 17.6 Å². The van der Waals surface area contributed by atoms with E-state index in [1.165, 1.54) is 11.6 Å². The zero-order chi connectivity index (χ0) is 52.7. The maximum absolute atomic E-state index is 9.54. The molecule has 335 valence electrons. The molecule has 11 aromatic rings. The number of para-hydroxylation sites is 1. The number of imidazole rings is 1. The summed E-state index contributed by atoms with van der Waals surface area (Å²) in [6.07, 6.45) is 1.78. The van der Waals surface area contributed by atoms with Crippen LogP contribution < -0.4 is 0 Å². The van der Waals surface area contributed by atoms with Gasteiger partial charge in [-0.15, -0.1) is 53.6 Å². The van der Waals surface area contributed by atoms with Crippen LogP contribution in [0.3, 0.4) is 0 Å². The van der Waals surface area contributed by atoms with Gasteiger partial charge in [-0.3, -0.25) is 4.98 Å². The number of benzene rings is 8. The van der Waals surface area contributed by atoms with Gasteiger partial charge >= 0.3 is 0 Å². The number of furan rings is 1. The minimum Gasteiger partial charge on any atom is -0.501 e. The molecule has 0 N–H and O–H groups in total. The van der Waals surface area contributed by atoms with Gasteiger partial charge in [-0.1, -0.05) is 151 Å². The van der Waals surface area contributed by atoms with E-state index in [2.05, 4.69) is 74.3 Å². The molecule has 8 aromatic carbocycles. The molecular weight excluding hydrogens is 995 g/mol. The molecule has 3 aromatic heterocycles. The van der Waals surface area contributed by atoms with Crippen molar-refractivity contribution >= 4 is 54.5 Å². The molecule has 3 heterocycles. The molecule has 0 saturated carbocycles. The molecule has 4 nitrogen and oxygen atoms in total. The predicted molar refractivity (Wildman–Crippen MR) is 278 cm³/mol.